The van der Waals surface area contributed by atoms with Crippen molar-refractivity contribution < 1.29 is 4.74 Å². The lowest BCUT2D eigenvalue weighted by Crippen LogP contribution is -2.18. The SMILES string of the molecule is CSCOc1ccc(-c2ccc(Cl)c(=O)n2C)c(Br)c1. The number of benzene rings is 1. The van der Waals surface area contributed by atoms with E-state index in [0.29, 0.717) is 5.94 Å². The average Bonchev–Trinajstić information content (AvgIpc) is 2.44. The molecule has 1 aromatic heterocycles. The van der Waals surface area contributed by atoms with Gasteiger partial charge in [-0.05, 0) is 52.5 Å². The third-order valence-corrected chi connectivity index (χ3v) is 4.12. The molecule has 0 saturated carbocycles. The minimum Gasteiger partial charge on any atom is -0.483 e. The summed E-state index contributed by atoms with van der Waals surface area (Å²) in [7, 11) is 1.70. The number of hydrogen-bond donors (Lipinski definition) is 0. The van der Waals surface area contributed by atoms with Crippen molar-refractivity contribution in [2.45, 2.75) is 0 Å². The van der Waals surface area contributed by atoms with Crippen LogP contribution in [0.5, 0.6) is 5.75 Å². The van der Waals surface area contributed by atoms with Gasteiger partial charge in [-0.1, -0.05) is 11.6 Å². The van der Waals surface area contributed by atoms with E-state index in [1.165, 1.54) is 4.57 Å². The fourth-order valence-corrected chi connectivity index (χ4v) is 2.80. The second-order valence-corrected chi connectivity index (χ2v) is 6.20. The molecule has 0 N–H and O–H groups in total. The summed E-state index contributed by atoms with van der Waals surface area (Å²) in [6.07, 6.45) is 1.98. The fraction of sp³-hybridized carbons (Fsp3) is 0.214. The molecule has 3 nitrogen and oxygen atoms in total. The van der Waals surface area contributed by atoms with E-state index in [9.17, 15) is 4.79 Å². The molecule has 0 aliphatic carbocycles. The summed E-state index contributed by atoms with van der Waals surface area (Å²) in [6.45, 7) is 0. The Bertz CT molecular complexity index is 687. The summed E-state index contributed by atoms with van der Waals surface area (Å²) in [5, 5.41) is 0.215. The van der Waals surface area contributed by atoms with Gasteiger partial charge in [0, 0.05) is 17.1 Å². The second-order valence-electron chi connectivity index (χ2n) is 4.12. The van der Waals surface area contributed by atoms with E-state index in [-0.39, 0.29) is 10.6 Å². The van der Waals surface area contributed by atoms with Crippen LogP contribution in [-0.2, 0) is 7.05 Å². The maximum absolute atomic E-state index is 11.9. The first kappa shape index (κ1) is 15.5. The van der Waals surface area contributed by atoms with Crippen LogP contribution in [-0.4, -0.2) is 16.8 Å². The molecule has 0 radical (unpaired) electrons. The number of nitrogens with zero attached hydrogens (tertiary/aromatic N) is 1. The van der Waals surface area contributed by atoms with Crippen molar-refractivity contribution in [3.63, 3.8) is 0 Å². The lowest BCUT2D eigenvalue weighted by atomic mass is 10.1. The van der Waals surface area contributed by atoms with Gasteiger partial charge in [0.2, 0.25) is 0 Å². The summed E-state index contributed by atoms with van der Waals surface area (Å²) in [4.78, 5) is 11.9. The van der Waals surface area contributed by atoms with Crippen LogP contribution in [0.4, 0.5) is 0 Å². The van der Waals surface area contributed by atoms with Crippen molar-refractivity contribution in [3.8, 4) is 17.0 Å². The Labute approximate surface area is 135 Å². The van der Waals surface area contributed by atoms with Crippen LogP contribution in [0.3, 0.4) is 0 Å². The molecule has 0 saturated heterocycles. The normalized spacial score (nSPS) is 10.6. The van der Waals surface area contributed by atoms with Crippen molar-refractivity contribution >= 4 is 39.3 Å². The molecule has 0 fully saturated rings. The van der Waals surface area contributed by atoms with Gasteiger partial charge in [0.15, 0.2) is 0 Å². The highest BCUT2D eigenvalue weighted by Crippen LogP contribution is 2.31. The van der Waals surface area contributed by atoms with E-state index in [4.69, 9.17) is 16.3 Å². The molecule has 0 amide bonds. The molecule has 0 unspecified atom stereocenters. The molecule has 20 heavy (non-hydrogen) atoms. The molecule has 0 aliphatic rings. The highest BCUT2D eigenvalue weighted by molar-refractivity contribution is 9.10. The van der Waals surface area contributed by atoms with Gasteiger partial charge in [-0.25, -0.2) is 0 Å². The predicted octanol–water partition coefficient (Wildman–Crippen LogP) is 4.17. The smallest absolute Gasteiger partial charge is 0.269 e. The zero-order chi connectivity index (χ0) is 14.7. The topological polar surface area (TPSA) is 31.2 Å². The third-order valence-electron chi connectivity index (χ3n) is 2.82. The van der Waals surface area contributed by atoms with E-state index in [1.54, 1.807) is 24.9 Å². The van der Waals surface area contributed by atoms with Crippen LogP contribution in [0.2, 0.25) is 5.02 Å². The van der Waals surface area contributed by atoms with E-state index < -0.39 is 0 Å². The minimum atomic E-state index is -0.209. The summed E-state index contributed by atoms with van der Waals surface area (Å²) in [6, 6.07) is 9.14. The van der Waals surface area contributed by atoms with Crippen molar-refractivity contribution in [2.24, 2.45) is 7.05 Å². The molecule has 6 heteroatoms. The minimum absolute atomic E-state index is 0.209. The van der Waals surface area contributed by atoms with Crippen molar-refractivity contribution in [2.75, 3.05) is 12.2 Å². The quantitative estimate of drug-likeness (QED) is 0.753. The van der Waals surface area contributed by atoms with Crippen molar-refractivity contribution in [1.82, 2.24) is 4.57 Å². The summed E-state index contributed by atoms with van der Waals surface area (Å²) in [5.41, 5.74) is 1.50. The van der Waals surface area contributed by atoms with Gasteiger partial charge in [0.1, 0.15) is 16.7 Å². The monoisotopic (exact) mass is 373 g/mol. The highest BCUT2D eigenvalue weighted by Gasteiger charge is 2.10. The summed E-state index contributed by atoms with van der Waals surface area (Å²) >= 11 is 11.0. The number of ether oxygens (including phenoxy) is 1. The Morgan fingerprint density at radius 2 is 2.10 bits per heavy atom. The lowest BCUT2D eigenvalue weighted by molar-refractivity contribution is 0.393. The van der Waals surface area contributed by atoms with Crippen molar-refractivity contribution in [1.29, 1.82) is 0 Å². The maximum Gasteiger partial charge on any atom is 0.269 e. The average molecular weight is 375 g/mol. The van der Waals surface area contributed by atoms with Gasteiger partial charge in [-0.2, -0.15) is 0 Å². The molecule has 106 valence electrons. The van der Waals surface area contributed by atoms with Gasteiger partial charge < -0.3 is 9.30 Å². The van der Waals surface area contributed by atoms with Crippen molar-refractivity contribution in [3.05, 3.63) is 50.2 Å². The molecule has 0 spiro atoms. The molecule has 1 aromatic carbocycles. The highest BCUT2D eigenvalue weighted by atomic mass is 79.9. The Morgan fingerprint density at radius 1 is 1.35 bits per heavy atom. The number of thioether (sulfide) groups is 1. The van der Waals surface area contributed by atoms with Gasteiger partial charge in [-0.15, -0.1) is 11.8 Å². The number of aromatic nitrogens is 1. The Morgan fingerprint density at radius 3 is 2.75 bits per heavy atom. The first-order valence-electron chi connectivity index (χ1n) is 5.81. The molecule has 1 heterocycles. The zero-order valence-corrected chi connectivity index (χ0v) is 14.2. The standard InChI is InChI=1S/C14H13BrClNO2S/c1-17-13(6-5-12(16)14(17)18)10-4-3-9(7-11(10)15)19-8-20-2/h3-7H,8H2,1-2H3. The van der Waals surface area contributed by atoms with Gasteiger partial charge in [0.25, 0.3) is 5.56 Å². The molecular formula is C14H13BrClNO2S. The van der Waals surface area contributed by atoms with Gasteiger partial charge >= 0.3 is 0 Å². The van der Waals surface area contributed by atoms with E-state index in [1.807, 2.05) is 30.5 Å². The first-order chi connectivity index (χ1) is 9.54. The Balaban J connectivity index is 2.44. The van der Waals surface area contributed by atoms with E-state index in [0.717, 1.165) is 21.5 Å². The van der Waals surface area contributed by atoms with Crippen LogP contribution in [0.25, 0.3) is 11.3 Å². The van der Waals surface area contributed by atoms with E-state index >= 15 is 0 Å². The number of pyridine rings is 1. The van der Waals surface area contributed by atoms with Crippen LogP contribution in [0, 0.1) is 0 Å². The van der Waals surface area contributed by atoms with E-state index in [2.05, 4.69) is 15.9 Å². The van der Waals surface area contributed by atoms with Gasteiger partial charge in [-0.3, -0.25) is 4.79 Å². The third kappa shape index (κ3) is 3.22. The van der Waals surface area contributed by atoms with Crippen LogP contribution in [0.15, 0.2) is 39.6 Å². The number of hydrogen-bond acceptors (Lipinski definition) is 3. The Kier molecular flexibility index (Phi) is 5.18. The number of halogens is 2. The molecule has 0 aliphatic heterocycles. The fourth-order valence-electron chi connectivity index (χ4n) is 1.80. The zero-order valence-electron chi connectivity index (χ0n) is 11.0. The van der Waals surface area contributed by atoms with Crippen LogP contribution in [0.1, 0.15) is 0 Å². The van der Waals surface area contributed by atoms with Gasteiger partial charge in [0.05, 0.1) is 5.69 Å². The maximum atomic E-state index is 11.9. The summed E-state index contributed by atoms with van der Waals surface area (Å²) < 4.78 is 7.94. The van der Waals surface area contributed by atoms with Crippen LogP contribution >= 0.6 is 39.3 Å². The molecule has 2 aromatic rings. The number of rotatable bonds is 4. The Hall–Kier alpha value is -0.910. The molecular weight excluding hydrogens is 362 g/mol. The molecule has 0 bridgehead atoms. The van der Waals surface area contributed by atoms with Crippen LogP contribution < -0.4 is 10.3 Å². The molecule has 0 atom stereocenters. The lowest BCUT2D eigenvalue weighted by Gasteiger charge is -2.12. The predicted molar refractivity (Wildman–Crippen MR) is 88.8 cm³/mol. The molecule has 2 rings (SSSR count). The first-order valence-corrected chi connectivity index (χ1v) is 8.38. The summed E-state index contributed by atoms with van der Waals surface area (Å²) in [5.74, 6) is 1.39. The second kappa shape index (κ2) is 6.70. The largest absolute Gasteiger partial charge is 0.483 e.